The molecule has 3 N–H and O–H groups in total. The lowest BCUT2D eigenvalue weighted by molar-refractivity contribution is 0.415. The van der Waals surface area contributed by atoms with Gasteiger partial charge in [-0.1, -0.05) is 23.7 Å². The minimum absolute atomic E-state index is 0.224. The normalized spacial score (nSPS) is 10.3. The molecule has 0 aliphatic carbocycles. The van der Waals surface area contributed by atoms with Crippen LogP contribution in [-0.4, -0.2) is 24.1 Å². The minimum Gasteiger partial charge on any atom is -0.497 e. The number of nitrogens with one attached hydrogen (secondary N) is 3. The predicted octanol–water partition coefficient (Wildman–Crippen LogP) is 4.81. The van der Waals surface area contributed by atoms with Crippen LogP contribution >= 0.6 is 11.6 Å². The summed E-state index contributed by atoms with van der Waals surface area (Å²) in [5.74, 6) is 0.937. The summed E-state index contributed by atoms with van der Waals surface area (Å²) in [5.41, 5.74) is 1.84. The molecule has 8 heteroatoms. The first-order valence-electron chi connectivity index (χ1n) is 7.77. The summed E-state index contributed by atoms with van der Waals surface area (Å²) in [6.45, 7) is 0. The van der Waals surface area contributed by atoms with Crippen LogP contribution in [0.15, 0.2) is 48.7 Å². The van der Waals surface area contributed by atoms with Crippen LogP contribution in [0.4, 0.5) is 33.2 Å². The van der Waals surface area contributed by atoms with Crippen molar-refractivity contribution in [2.24, 2.45) is 0 Å². The Labute approximate surface area is 155 Å². The first-order valence-corrected chi connectivity index (χ1v) is 8.15. The van der Waals surface area contributed by atoms with Crippen molar-refractivity contribution in [3.8, 4) is 5.75 Å². The second-order valence-corrected chi connectivity index (χ2v) is 5.69. The zero-order valence-electron chi connectivity index (χ0n) is 14.2. The van der Waals surface area contributed by atoms with E-state index in [1.807, 2.05) is 18.2 Å². The molecule has 1 heterocycles. The van der Waals surface area contributed by atoms with E-state index < -0.39 is 5.82 Å². The third kappa shape index (κ3) is 3.94. The molecule has 0 radical (unpaired) electrons. The molecule has 3 rings (SSSR count). The summed E-state index contributed by atoms with van der Waals surface area (Å²) in [6, 6.07) is 11.8. The molecule has 0 aliphatic rings. The maximum absolute atomic E-state index is 13.8. The van der Waals surface area contributed by atoms with Gasteiger partial charge in [0.1, 0.15) is 16.6 Å². The van der Waals surface area contributed by atoms with Crippen molar-refractivity contribution in [1.82, 2.24) is 9.97 Å². The Kier molecular flexibility index (Phi) is 5.38. The zero-order chi connectivity index (χ0) is 18.5. The van der Waals surface area contributed by atoms with Crippen LogP contribution in [0.2, 0.25) is 5.02 Å². The molecule has 0 amide bonds. The van der Waals surface area contributed by atoms with Gasteiger partial charge in [-0.2, -0.15) is 4.98 Å². The first-order chi connectivity index (χ1) is 12.6. The lowest BCUT2D eigenvalue weighted by atomic mass is 10.2. The van der Waals surface area contributed by atoms with E-state index in [1.54, 1.807) is 32.4 Å². The van der Waals surface area contributed by atoms with E-state index in [2.05, 4.69) is 25.9 Å². The van der Waals surface area contributed by atoms with Crippen molar-refractivity contribution < 1.29 is 9.13 Å². The van der Waals surface area contributed by atoms with E-state index in [0.29, 0.717) is 10.8 Å². The molecule has 0 fully saturated rings. The lowest BCUT2D eigenvalue weighted by Crippen LogP contribution is -2.04. The van der Waals surface area contributed by atoms with E-state index in [1.165, 1.54) is 12.3 Å². The van der Waals surface area contributed by atoms with Crippen molar-refractivity contribution in [2.45, 2.75) is 0 Å². The molecule has 0 bridgehead atoms. The average molecular weight is 374 g/mol. The van der Waals surface area contributed by atoms with Gasteiger partial charge in [-0.25, -0.2) is 9.37 Å². The number of aromatic nitrogens is 2. The number of hydrogen-bond acceptors (Lipinski definition) is 6. The first kappa shape index (κ1) is 17.8. The SMILES string of the molecule is CNc1cc(OC)ccc1Nc1nc(Nc2ccccc2F)ncc1Cl. The van der Waals surface area contributed by atoms with Gasteiger partial charge >= 0.3 is 0 Å². The molecule has 3 aromatic rings. The molecule has 134 valence electrons. The number of hydrogen-bond donors (Lipinski definition) is 3. The molecule has 0 saturated carbocycles. The highest BCUT2D eigenvalue weighted by Gasteiger charge is 2.10. The Balaban J connectivity index is 1.88. The molecule has 0 aliphatic heterocycles. The molecular formula is C18H17ClFN5O. The fourth-order valence-electron chi connectivity index (χ4n) is 2.29. The molecule has 0 spiro atoms. The second kappa shape index (κ2) is 7.88. The van der Waals surface area contributed by atoms with Crippen LogP contribution < -0.4 is 20.7 Å². The number of ether oxygens (including phenoxy) is 1. The zero-order valence-corrected chi connectivity index (χ0v) is 14.9. The number of nitrogens with zero attached hydrogens (tertiary/aromatic N) is 2. The van der Waals surface area contributed by atoms with Gasteiger partial charge in [-0.3, -0.25) is 0 Å². The van der Waals surface area contributed by atoms with Crippen molar-refractivity contribution in [3.63, 3.8) is 0 Å². The Morgan fingerprint density at radius 1 is 1.04 bits per heavy atom. The molecule has 1 aromatic heterocycles. The van der Waals surface area contributed by atoms with Gasteiger partial charge in [0.15, 0.2) is 5.82 Å². The molecule has 26 heavy (non-hydrogen) atoms. The van der Waals surface area contributed by atoms with Crippen LogP contribution in [-0.2, 0) is 0 Å². The van der Waals surface area contributed by atoms with Crippen LogP contribution in [0.25, 0.3) is 0 Å². The third-order valence-corrected chi connectivity index (χ3v) is 3.89. The van der Waals surface area contributed by atoms with Gasteiger partial charge in [0.2, 0.25) is 5.95 Å². The Hall–Kier alpha value is -3.06. The molecule has 0 saturated heterocycles. The Morgan fingerprint density at radius 3 is 2.58 bits per heavy atom. The highest BCUT2D eigenvalue weighted by atomic mass is 35.5. The summed E-state index contributed by atoms with van der Waals surface area (Å²) in [5, 5.41) is 9.40. The molecule has 0 atom stereocenters. The van der Waals surface area contributed by atoms with Gasteiger partial charge in [0.25, 0.3) is 0 Å². The van der Waals surface area contributed by atoms with Crippen molar-refractivity contribution in [2.75, 3.05) is 30.1 Å². The smallest absolute Gasteiger partial charge is 0.229 e. The lowest BCUT2D eigenvalue weighted by Gasteiger charge is -2.14. The number of benzene rings is 2. The number of rotatable bonds is 6. The van der Waals surface area contributed by atoms with Crippen LogP contribution in [0.1, 0.15) is 0 Å². The van der Waals surface area contributed by atoms with Crippen molar-refractivity contribution in [3.05, 3.63) is 59.5 Å². The van der Waals surface area contributed by atoms with Crippen LogP contribution in [0.5, 0.6) is 5.75 Å². The summed E-state index contributed by atoms with van der Waals surface area (Å²) >= 11 is 6.20. The Morgan fingerprint density at radius 2 is 1.85 bits per heavy atom. The number of methoxy groups -OCH3 is 1. The highest BCUT2D eigenvalue weighted by molar-refractivity contribution is 6.33. The number of anilines is 5. The maximum atomic E-state index is 13.8. The fourth-order valence-corrected chi connectivity index (χ4v) is 2.43. The van der Waals surface area contributed by atoms with Crippen LogP contribution in [0.3, 0.4) is 0 Å². The average Bonchev–Trinajstić information content (AvgIpc) is 2.66. The minimum atomic E-state index is -0.395. The van der Waals surface area contributed by atoms with E-state index in [4.69, 9.17) is 16.3 Å². The predicted molar refractivity (Wildman–Crippen MR) is 103 cm³/mol. The van der Waals surface area contributed by atoms with Crippen LogP contribution in [0, 0.1) is 5.82 Å². The second-order valence-electron chi connectivity index (χ2n) is 5.28. The van der Waals surface area contributed by atoms with E-state index in [9.17, 15) is 4.39 Å². The maximum Gasteiger partial charge on any atom is 0.229 e. The van der Waals surface area contributed by atoms with Crippen molar-refractivity contribution >= 4 is 40.4 Å². The van der Waals surface area contributed by atoms with Gasteiger partial charge in [0.05, 0.1) is 30.4 Å². The standard InChI is InChI=1S/C18H17ClFN5O/c1-21-16-9-11(26-2)7-8-15(16)23-17-12(19)10-22-18(25-17)24-14-6-4-3-5-13(14)20/h3-10,21H,1-2H3,(H2,22,23,24,25). The fraction of sp³-hybridized carbons (Fsp3) is 0.111. The summed E-state index contributed by atoms with van der Waals surface area (Å²) in [4.78, 5) is 8.42. The quantitative estimate of drug-likeness (QED) is 0.576. The van der Waals surface area contributed by atoms with E-state index >= 15 is 0 Å². The molecular weight excluding hydrogens is 357 g/mol. The Bertz CT molecular complexity index is 922. The van der Waals surface area contributed by atoms with E-state index in [-0.39, 0.29) is 11.6 Å². The highest BCUT2D eigenvalue weighted by Crippen LogP contribution is 2.31. The summed E-state index contributed by atoms with van der Waals surface area (Å²) in [6.07, 6.45) is 1.45. The third-order valence-electron chi connectivity index (χ3n) is 3.61. The largest absolute Gasteiger partial charge is 0.497 e. The van der Waals surface area contributed by atoms with Gasteiger partial charge in [0, 0.05) is 13.1 Å². The molecule has 0 unspecified atom stereocenters. The van der Waals surface area contributed by atoms with Gasteiger partial charge < -0.3 is 20.7 Å². The molecule has 6 nitrogen and oxygen atoms in total. The summed E-state index contributed by atoms with van der Waals surface area (Å²) in [7, 11) is 3.40. The number of para-hydroxylation sites is 1. The van der Waals surface area contributed by atoms with Crippen molar-refractivity contribution in [1.29, 1.82) is 0 Å². The number of halogens is 2. The molecule has 2 aromatic carbocycles. The summed E-state index contributed by atoms with van der Waals surface area (Å²) < 4.78 is 19.0. The van der Waals surface area contributed by atoms with Gasteiger partial charge in [-0.15, -0.1) is 0 Å². The topological polar surface area (TPSA) is 71.1 Å². The van der Waals surface area contributed by atoms with E-state index in [0.717, 1.165) is 17.1 Å². The monoisotopic (exact) mass is 373 g/mol. The van der Waals surface area contributed by atoms with Gasteiger partial charge in [-0.05, 0) is 24.3 Å².